The smallest absolute Gasteiger partial charge is 0.153 e. The van der Waals surface area contributed by atoms with E-state index < -0.39 is 0 Å². The minimum atomic E-state index is 0.293. The summed E-state index contributed by atoms with van der Waals surface area (Å²) < 4.78 is 0. The van der Waals surface area contributed by atoms with E-state index in [0.717, 1.165) is 5.70 Å². The van der Waals surface area contributed by atoms with Crippen molar-refractivity contribution in [1.29, 1.82) is 5.41 Å². The van der Waals surface area contributed by atoms with Gasteiger partial charge in [0.15, 0.2) is 6.29 Å². The van der Waals surface area contributed by atoms with Crippen LogP contribution in [0.5, 0.6) is 0 Å². The van der Waals surface area contributed by atoms with Gasteiger partial charge in [-0.2, -0.15) is 0 Å². The fourth-order valence-corrected chi connectivity index (χ4v) is 0.593. The molecule has 10 heavy (non-hydrogen) atoms. The van der Waals surface area contributed by atoms with E-state index in [-0.39, 0.29) is 0 Å². The van der Waals surface area contributed by atoms with Crippen LogP contribution in [0.15, 0.2) is 11.3 Å². The Kier molecular flexibility index (Phi) is 3.39. The standard InChI is InChI=1S/C7H12N2O/c1-5(8)7(4-10)6(2)9-3/h4,8-9H,1-3H3/b7-6-,8-5?. The third-order valence-corrected chi connectivity index (χ3v) is 1.30. The normalized spacial score (nSPS) is 11.9. The largest absolute Gasteiger partial charge is 0.391 e. The molecule has 0 aromatic rings. The molecule has 0 heterocycles. The van der Waals surface area contributed by atoms with Gasteiger partial charge in [-0.25, -0.2) is 0 Å². The first kappa shape index (κ1) is 8.88. The molecule has 0 aliphatic carbocycles. The van der Waals surface area contributed by atoms with E-state index in [0.29, 0.717) is 17.6 Å². The molecular formula is C7H12N2O. The zero-order chi connectivity index (χ0) is 8.15. The molecule has 0 amide bonds. The minimum absolute atomic E-state index is 0.293. The Hall–Kier alpha value is -1.12. The molecule has 0 radical (unpaired) electrons. The summed E-state index contributed by atoms with van der Waals surface area (Å²) in [6.45, 7) is 3.35. The van der Waals surface area contributed by atoms with Crippen LogP contribution in [-0.2, 0) is 4.79 Å². The summed E-state index contributed by atoms with van der Waals surface area (Å²) in [6.07, 6.45) is 0.689. The van der Waals surface area contributed by atoms with E-state index in [1.54, 1.807) is 20.9 Å². The van der Waals surface area contributed by atoms with Gasteiger partial charge in [0.25, 0.3) is 0 Å². The SMILES string of the molecule is CN/C(C)=C(/C=O)C(C)=N. The molecule has 0 unspecified atom stereocenters. The van der Waals surface area contributed by atoms with Crippen molar-refractivity contribution < 1.29 is 4.79 Å². The van der Waals surface area contributed by atoms with Crippen LogP contribution in [0.1, 0.15) is 13.8 Å². The second-order valence-electron chi connectivity index (χ2n) is 2.03. The van der Waals surface area contributed by atoms with Gasteiger partial charge in [-0.05, 0) is 13.8 Å². The summed E-state index contributed by atoms with van der Waals surface area (Å²) in [4.78, 5) is 10.3. The van der Waals surface area contributed by atoms with Crippen LogP contribution in [0.3, 0.4) is 0 Å². The third-order valence-electron chi connectivity index (χ3n) is 1.30. The number of allylic oxidation sites excluding steroid dienone is 2. The quantitative estimate of drug-likeness (QED) is 0.345. The maximum atomic E-state index is 10.3. The van der Waals surface area contributed by atoms with Crippen molar-refractivity contribution in [3.05, 3.63) is 11.3 Å². The van der Waals surface area contributed by atoms with E-state index in [1.807, 2.05) is 0 Å². The molecular weight excluding hydrogens is 128 g/mol. The molecule has 0 aliphatic heterocycles. The lowest BCUT2D eigenvalue weighted by Gasteiger charge is -2.02. The van der Waals surface area contributed by atoms with E-state index in [1.165, 1.54) is 0 Å². The number of rotatable bonds is 3. The number of hydrogen-bond donors (Lipinski definition) is 2. The van der Waals surface area contributed by atoms with Gasteiger partial charge in [-0.15, -0.1) is 0 Å². The van der Waals surface area contributed by atoms with Crippen LogP contribution < -0.4 is 5.32 Å². The van der Waals surface area contributed by atoms with Gasteiger partial charge in [0.2, 0.25) is 0 Å². The van der Waals surface area contributed by atoms with Crippen LogP contribution in [0, 0.1) is 5.41 Å². The number of carbonyl (C=O) groups is 1. The Morgan fingerprint density at radius 3 is 2.10 bits per heavy atom. The number of hydrogen-bond acceptors (Lipinski definition) is 3. The summed E-state index contributed by atoms with van der Waals surface area (Å²) in [5.74, 6) is 0. The molecule has 0 aliphatic rings. The first-order valence-corrected chi connectivity index (χ1v) is 3.02. The maximum Gasteiger partial charge on any atom is 0.153 e. The molecule has 3 nitrogen and oxygen atoms in total. The van der Waals surface area contributed by atoms with Gasteiger partial charge in [0.05, 0.1) is 5.57 Å². The molecule has 0 saturated heterocycles. The fraction of sp³-hybridized carbons (Fsp3) is 0.429. The number of carbonyl (C=O) groups excluding carboxylic acids is 1. The van der Waals surface area contributed by atoms with Crippen molar-refractivity contribution in [2.45, 2.75) is 13.8 Å². The van der Waals surface area contributed by atoms with Crippen molar-refractivity contribution in [2.24, 2.45) is 0 Å². The molecule has 0 bridgehead atoms. The minimum Gasteiger partial charge on any atom is -0.391 e. The molecule has 0 fully saturated rings. The van der Waals surface area contributed by atoms with E-state index in [9.17, 15) is 4.79 Å². The predicted octanol–water partition coefficient (Wildman–Crippen LogP) is 0.718. The van der Waals surface area contributed by atoms with Crippen LogP contribution in [0.25, 0.3) is 0 Å². The van der Waals surface area contributed by atoms with E-state index in [2.05, 4.69) is 5.32 Å². The van der Waals surface area contributed by atoms with Crippen LogP contribution in [0.2, 0.25) is 0 Å². The summed E-state index contributed by atoms with van der Waals surface area (Å²) >= 11 is 0. The highest BCUT2D eigenvalue weighted by Gasteiger charge is 2.00. The summed E-state index contributed by atoms with van der Waals surface area (Å²) in [6, 6.07) is 0. The van der Waals surface area contributed by atoms with Gasteiger partial charge >= 0.3 is 0 Å². The molecule has 56 valence electrons. The van der Waals surface area contributed by atoms with Crippen LogP contribution in [0.4, 0.5) is 0 Å². The Morgan fingerprint density at radius 2 is 2.00 bits per heavy atom. The zero-order valence-corrected chi connectivity index (χ0v) is 6.49. The molecule has 0 aromatic heterocycles. The summed E-state index contributed by atoms with van der Waals surface area (Å²) in [5.41, 5.74) is 1.46. The molecule has 2 N–H and O–H groups in total. The lowest BCUT2D eigenvalue weighted by Crippen LogP contribution is -2.10. The topological polar surface area (TPSA) is 53.0 Å². The van der Waals surface area contributed by atoms with E-state index in [4.69, 9.17) is 5.41 Å². The van der Waals surface area contributed by atoms with Gasteiger partial charge in [0.1, 0.15) is 0 Å². The van der Waals surface area contributed by atoms with Crippen molar-refractivity contribution in [2.75, 3.05) is 7.05 Å². The first-order chi connectivity index (χ1) is 4.63. The lowest BCUT2D eigenvalue weighted by atomic mass is 10.1. The summed E-state index contributed by atoms with van der Waals surface area (Å²) in [7, 11) is 1.72. The third kappa shape index (κ3) is 2.01. The summed E-state index contributed by atoms with van der Waals surface area (Å²) in [5, 5.41) is 9.96. The molecule has 0 atom stereocenters. The highest BCUT2D eigenvalue weighted by molar-refractivity contribution is 6.12. The second kappa shape index (κ2) is 3.82. The zero-order valence-electron chi connectivity index (χ0n) is 6.49. The first-order valence-electron chi connectivity index (χ1n) is 3.02. The predicted molar refractivity (Wildman–Crippen MR) is 41.2 cm³/mol. The second-order valence-corrected chi connectivity index (χ2v) is 2.03. The lowest BCUT2D eigenvalue weighted by molar-refractivity contribution is -0.104. The van der Waals surface area contributed by atoms with Crippen molar-refractivity contribution in [1.82, 2.24) is 5.32 Å². The highest BCUT2D eigenvalue weighted by Crippen LogP contribution is 1.97. The fourth-order valence-electron chi connectivity index (χ4n) is 0.593. The average Bonchev–Trinajstić information content (AvgIpc) is 1.88. The van der Waals surface area contributed by atoms with E-state index >= 15 is 0 Å². The van der Waals surface area contributed by atoms with Crippen molar-refractivity contribution in [3.8, 4) is 0 Å². The molecule has 0 saturated carbocycles. The number of nitrogens with one attached hydrogen (secondary N) is 2. The van der Waals surface area contributed by atoms with Gasteiger partial charge in [-0.3, -0.25) is 4.79 Å². The van der Waals surface area contributed by atoms with Gasteiger partial charge < -0.3 is 10.7 Å². The van der Waals surface area contributed by atoms with Gasteiger partial charge in [-0.1, -0.05) is 0 Å². The monoisotopic (exact) mass is 140 g/mol. The van der Waals surface area contributed by atoms with Crippen LogP contribution in [-0.4, -0.2) is 19.0 Å². The Labute approximate surface area is 60.6 Å². The molecule has 0 rings (SSSR count). The molecule has 3 heteroatoms. The van der Waals surface area contributed by atoms with Crippen LogP contribution >= 0.6 is 0 Å². The average molecular weight is 140 g/mol. The Balaban J connectivity index is 4.62. The van der Waals surface area contributed by atoms with Crippen molar-refractivity contribution in [3.63, 3.8) is 0 Å². The molecule has 0 spiro atoms. The maximum absolute atomic E-state index is 10.3. The Morgan fingerprint density at radius 1 is 1.50 bits per heavy atom. The Bertz CT molecular complexity index is 182. The highest BCUT2D eigenvalue weighted by atomic mass is 16.1. The number of aldehydes is 1. The molecule has 0 aromatic carbocycles. The van der Waals surface area contributed by atoms with Crippen molar-refractivity contribution >= 4 is 12.0 Å². The van der Waals surface area contributed by atoms with Gasteiger partial charge in [0, 0.05) is 18.5 Å².